The van der Waals surface area contributed by atoms with Gasteiger partial charge in [-0.05, 0) is 49.0 Å². The zero-order chi connectivity index (χ0) is 20.2. The fraction of sp³-hybridized carbons (Fsp3) is 0.571. The minimum atomic E-state index is 0. The maximum atomic E-state index is 2.38. The van der Waals surface area contributed by atoms with E-state index < -0.39 is 0 Å². The Morgan fingerprint density at radius 3 is 1.25 bits per heavy atom. The van der Waals surface area contributed by atoms with Gasteiger partial charge in [0.15, 0.2) is 0 Å². The average Bonchev–Trinajstić information content (AvgIpc) is 2.73. The Bertz CT molecular complexity index is 600. The van der Waals surface area contributed by atoms with Gasteiger partial charge in [0.25, 0.3) is 0 Å². The molecule has 2 aliphatic rings. The molecule has 0 atom stereocenters. The normalized spacial score (nSPS) is 26.9. The Kier molecular flexibility index (Phi) is 10.4. The summed E-state index contributed by atoms with van der Waals surface area (Å²) in [5.74, 6) is 3.84. The molecule has 0 heterocycles. The molecule has 0 spiro atoms. The number of rotatable bonds is 1. The quantitative estimate of drug-likeness (QED) is 0.461. The second kappa shape index (κ2) is 12.8. The van der Waals surface area contributed by atoms with E-state index in [1.54, 1.807) is 5.56 Å². The van der Waals surface area contributed by atoms with Crippen LogP contribution < -0.4 is 0 Å². The topological polar surface area (TPSA) is 0 Å². The molecule has 158 valence electrons. The van der Waals surface area contributed by atoms with E-state index in [1.165, 1.54) is 56.9 Å². The monoisotopic (exact) mass is 382 g/mol. The lowest BCUT2D eigenvalue weighted by Crippen LogP contribution is -2.10. The van der Waals surface area contributed by atoms with Crippen molar-refractivity contribution < 1.29 is 2.85 Å². The summed E-state index contributed by atoms with van der Waals surface area (Å²) in [4.78, 5) is 0. The van der Waals surface area contributed by atoms with Crippen LogP contribution in [-0.4, -0.2) is 0 Å². The van der Waals surface area contributed by atoms with Crippen molar-refractivity contribution in [1.29, 1.82) is 0 Å². The summed E-state index contributed by atoms with van der Waals surface area (Å²) in [5, 5.41) is 0. The number of hydrogen-bond acceptors (Lipinski definition) is 0. The van der Waals surface area contributed by atoms with Gasteiger partial charge >= 0.3 is 0 Å². The van der Waals surface area contributed by atoms with Gasteiger partial charge in [-0.3, -0.25) is 0 Å². The average molecular weight is 383 g/mol. The predicted molar refractivity (Wildman–Crippen MR) is 129 cm³/mol. The molecule has 0 saturated heterocycles. The van der Waals surface area contributed by atoms with Crippen molar-refractivity contribution in [2.45, 2.75) is 85.0 Å². The first kappa shape index (κ1) is 22.7. The van der Waals surface area contributed by atoms with Crippen molar-refractivity contribution in [2.75, 3.05) is 0 Å². The van der Waals surface area contributed by atoms with Gasteiger partial charge in [0.1, 0.15) is 0 Å². The molecule has 0 radical (unpaired) electrons. The Morgan fingerprint density at radius 1 is 0.536 bits per heavy atom. The third kappa shape index (κ3) is 9.09. The van der Waals surface area contributed by atoms with Crippen LogP contribution in [-0.2, 0) is 0 Å². The Balaban J connectivity index is 0.000000433. The SMILES string of the molecule is CC1CCC(C)CC1.CC1CCC(c2ccccc2)CC1.Cc1ccccc1.[HH].[HH]. The van der Waals surface area contributed by atoms with Crippen molar-refractivity contribution in [3.63, 3.8) is 0 Å². The van der Waals surface area contributed by atoms with Gasteiger partial charge in [-0.2, -0.15) is 0 Å². The van der Waals surface area contributed by atoms with E-state index in [4.69, 9.17) is 0 Å². The van der Waals surface area contributed by atoms with Gasteiger partial charge in [0, 0.05) is 2.85 Å². The van der Waals surface area contributed by atoms with Gasteiger partial charge in [0.05, 0.1) is 0 Å². The van der Waals surface area contributed by atoms with Crippen LogP contribution in [0.3, 0.4) is 0 Å². The first-order valence-corrected chi connectivity index (χ1v) is 11.6. The van der Waals surface area contributed by atoms with Crippen molar-refractivity contribution in [2.24, 2.45) is 17.8 Å². The largest absolute Gasteiger partial charge is 0.0625 e. The number of benzene rings is 2. The molecule has 4 rings (SSSR count). The molecule has 0 heteroatoms. The van der Waals surface area contributed by atoms with Gasteiger partial charge in [0.2, 0.25) is 0 Å². The van der Waals surface area contributed by atoms with Crippen LogP contribution in [0.2, 0.25) is 0 Å². The van der Waals surface area contributed by atoms with Crippen LogP contribution in [0.1, 0.15) is 92.0 Å². The molecule has 0 aliphatic heterocycles. The molecule has 2 aromatic rings. The van der Waals surface area contributed by atoms with E-state index >= 15 is 0 Å². The van der Waals surface area contributed by atoms with Crippen molar-refractivity contribution >= 4 is 0 Å². The summed E-state index contributed by atoms with van der Waals surface area (Å²) in [6.45, 7) is 9.19. The van der Waals surface area contributed by atoms with Crippen LogP contribution in [0.15, 0.2) is 60.7 Å². The second-order valence-corrected chi connectivity index (χ2v) is 9.39. The molecular formula is C28H46. The van der Waals surface area contributed by atoms with Gasteiger partial charge in [-0.15, -0.1) is 0 Å². The zero-order valence-corrected chi connectivity index (χ0v) is 18.7. The van der Waals surface area contributed by atoms with Crippen LogP contribution in [0, 0.1) is 24.7 Å². The molecule has 2 fully saturated rings. The molecular weight excluding hydrogens is 336 g/mol. The molecule has 2 aromatic carbocycles. The van der Waals surface area contributed by atoms with Gasteiger partial charge < -0.3 is 0 Å². The molecule has 0 unspecified atom stereocenters. The summed E-state index contributed by atoms with van der Waals surface area (Å²) in [5.41, 5.74) is 2.87. The van der Waals surface area contributed by atoms with Crippen LogP contribution >= 0.6 is 0 Å². The highest BCUT2D eigenvalue weighted by atomic mass is 14.2. The van der Waals surface area contributed by atoms with Crippen LogP contribution in [0.4, 0.5) is 0 Å². The summed E-state index contributed by atoms with van der Waals surface area (Å²) in [7, 11) is 0. The molecule has 28 heavy (non-hydrogen) atoms. The minimum absolute atomic E-state index is 0. The van der Waals surface area contributed by atoms with E-state index in [0.717, 1.165) is 23.7 Å². The molecule has 0 amide bonds. The minimum Gasteiger partial charge on any atom is -0.0625 e. The number of aryl methyl sites for hydroxylation is 1. The fourth-order valence-electron chi connectivity index (χ4n) is 4.28. The van der Waals surface area contributed by atoms with E-state index in [-0.39, 0.29) is 2.85 Å². The third-order valence-electron chi connectivity index (χ3n) is 6.53. The summed E-state index contributed by atoms with van der Waals surface area (Å²) < 4.78 is 0. The maximum absolute atomic E-state index is 2.38. The Morgan fingerprint density at radius 2 is 0.893 bits per heavy atom. The summed E-state index contributed by atoms with van der Waals surface area (Å²) in [6, 6.07) is 21.2. The van der Waals surface area contributed by atoms with E-state index in [0.29, 0.717) is 0 Å². The molecule has 2 saturated carbocycles. The lowest BCUT2D eigenvalue weighted by Gasteiger charge is -2.26. The molecule has 0 N–H and O–H groups in total. The first-order chi connectivity index (χ1) is 13.5. The lowest BCUT2D eigenvalue weighted by molar-refractivity contribution is 0.308. The Labute approximate surface area is 177 Å². The van der Waals surface area contributed by atoms with Crippen LogP contribution in [0.5, 0.6) is 0 Å². The maximum Gasteiger partial charge on any atom is 0 e. The van der Waals surface area contributed by atoms with Crippen LogP contribution in [0.25, 0.3) is 0 Å². The van der Waals surface area contributed by atoms with Crippen molar-refractivity contribution in [3.8, 4) is 0 Å². The Hall–Kier alpha value is -1.56. The molecule has 0 bridgehead atoms. The molecule has 0 nitrogen and oxygen atoms in total. The second-order valence-electron chi connectivity index (χ2n) is 9.39. The standard InChI is InChI=1S/C13H18.C8H16.C7H8.2H2/c1-11-7-9-13(10-8-11)12-5-3-2-4-6-12;1-7-3-5-8(2)6-4-7;1-7-5-3-2-4-6-7;;/h2-6,11,13H,7-10H2,1H3;7-8H,3-6H2,1-2H3;2-6H,1H3;2*1H. The van der Waals surface area contributed by atoms with E-state index in [1.807, 2.05) is 18.2 Å². The highest BCUT2D eigenvalue weighted by Crippen LogP contribution is 2.35. The predicted octanol–water partition coefficient (Wildman–Crippen LogP) is 9.30. The third-order valence-corrected chi connectivity index (χ3v) is 6.53. The fourth-order valence-corrected chi connectivity index (χ4v) is 4.28. The van der Waals surface area contributed by atoms with Crippen molar-refractivity contribution in [1.82, 2.24) is 0 Å². The lowest BCUT2D eigenvalue weighted by atomic mass is 9.79. The summed E-state index contributed by atoms with van der Waals surface area (Å²) >= 11 is 0. The zero-order valence-electron chi connectivity index (χ0n) is 18.7. The highest BCUT2D eigenvalue weighted by molar-refractivity contribution is 5.19. The van der Waals surface area contributed by atoms with E-state index in [9.17, 15) is 0 Å². The van der Waals surface area contributed by atoms with Gasteiger partial charge in [-0.25, -0.2) is 0 Å². The molecule has 2 aliphatic carbocycles. The number of hydrogen-bond donors (Lipinski definition) is 0. The first-order valence-electron chi connectivity index (χ1n) is 11.6. The van der Waals surface area contributed by atoms with Crippen molar-refractivity contribution in [3.05, 3.63) is 71.8 Å². The van der Waals surface area contributed by atoms with E-state index in [2.05, 4.69) is 70.2 Å². The highest BCUT2D eigenvalue weighted by Gasteiger charge is 2.18. The summed E-state index contributed by atoms with van der Waals surface area (Å²) in [6.07, 6.45) is 11.5. The molecule has 0 aromatic heterocycles. The van der Waals surface area contributed by atoms with Gasteiger partial charge in [-0.1, -0.05) is 126 Å². The smallest absolute Gasteiger partial charge is 0 e.